The second-order valence-electron chi connectivity index (χ2n) is 6.65. The van der Waals surface area contributed by atoms with Crippen molar-refractivity contribution >= 4 is 18.4 Å². The molecule has 0 amide bonds. The highest BCUT2D eigenvalue weighted by Crippen LogP contribution is 2.41. The van der Waals surface area contributed by atoms with E-state index in [9.17, 15) is 4.79 Å². The molecule has 1 aliphatic rings. The van der Waals surface area contributed by atoms with Gasteiger partial charge in [-0.1, -0.05) is 62.8 Å². The van der Waals surface area contributed by atoms with Crippen molar-refractivity contribution in [1.29, 1.82) is 0 Å². The van der Waals surface area contributed by atoms with Gasteiger partial charge in [0, 0.05) is 11.6 Å². The Morgan fingerprint density at radius 1 is 1.40 bits per heavy atom. The first-order valence-electron chi connectivity index (χ1n) is 9.24. The van der Waals surface area contributed by atoms with Crippen molar-refractivity contribution in [3.05, 3.63) is 34.9 Å². The molecule has 2 rings (SSSR count). The van der Waals surface area contributed by atoms with Gasteiger partial charge in [0.25, 0.3) is 6.47 Å². The second kappa shape index (κ2) is 10.2. The van der Waals surface area contributed by atoms with E-state index in [1.165, 1.54) is 36.8 Å². The smallest absolute Gasteiger partial charge is 0.293 e. The largest absolute Gasteiger partial charge is 0.457 e. The van der Waals surface area contributed by atoms with Gasteiger partial charge in [-0.05, 0) is 37.8 Å². The summed E-state index contributed by atoms with van der Waals surface area (Å²) in [5.74, 6) is 0. The molecule has 0 N–H and O–H groups in total. The van der Waals surface area contributed by atoms with E-state index in [2.05, 4.69) is 49.7 Å². The van der Waals surface area contributed by atoms with Gasteiger partial charge in [0.15, 0.2) is 6.10 Å². The second-order valence-corrected chi connectivity index (χ2v) is 7.59. The number of unbranched alkanes of at least 4 members (excludes halogenated alkanes) is 3. The van der Waals surface area contributed by atoms with Crippen LogP contribution in [0.3, 0.4) is 0 Å². The Kier molecular flexibility index (Phi) is 8.27. The van der Waals surface area contributed by atoms with Crippen LogP contribution in [0, 0.1) is 0 Å². The van der Waals surface area contributed by atoms with Gasteiger partial charge in [-0.15, -0.1) is 0 Å². The number of carbonyl (C=O) groups is 1. The number of carbonyl (C=O) groups excluding carboxylic acids is 1. The quantitative estimate of drug-likeness (QED) is 0.323. The average Bonchev–Trinajstić information content (AvgIpc) is 2.65. The molecule has 0 aromatic heterocycles. The Morgan fingerprint density at radius 2 is 2.20 bits per heavy atom. The van der Waals surface area contributed by atoms with Crippen molar-refractivity contribution in [2.24, 2.45) is 0 Å². The summed E-state index contributed by atoms with van der Waals surface area (Å²) >= 11 is 1.70. The lowest BCUT2D eigenvalue weighted by Gasteiger charge is -2.35. The van der Waals surface area contributed by atoms with Gasteiger partial charge >= 0.3 is 0 Å². The van der Waals surface area contributed by atoms with Gasteiger partial charge in [-0.3, -0.25) is 4.79 Å². The third kappa shape index (κ3) is 4.99. The van der Waals surface area contributed by atoms with Crippen LogP contribution in [0.4, 0.5) is 0 Å². The van der Waals surface area contributed by atoms with E-state index >= 15 is 0 Å². The zero-order chi connectivity index (χ0) is 18.2. The van der Waals surface area contributed by atoms with Crippen LogP contribution in [0.1, 0.15) is 80.9 Å². The van der Waals surface area contributed by atoms with Crippen molar-refractivity contribution < 1.29 is 14.3 Å². The molecule has 0 spiro atoms. The van der Waals surface area contributed by atoms with E-state index < -0.39 is 0 Å². The monoisotopic (exact) mass is 365 g/mol. The maximum atomic E-state index is 11.0. The molecular weight excluding hydrogens is 334 g/mol. The number of nitrogens with zero attached hydrogens (tertiary/aromatic N) is 1. The van der Waals surface area contributed by atoms with Crippen molar-refractivity contribution in [3.8, 4) is 0 Å². The Balaban J connectivity index is 2.30. The van der Waals surface area contributed by atoms with Crippen molar-refractivity contribution in [3.63, 3.8) is 0 Å². The Bertz CT molecular complexity index is 552. The molecule has 4 nitrogen and oxygen atoms in total. The van der Waals surface area contributed by atoms with E-state index in [1.807, 2.05) is 0 Å². The van der Waals surface area contributed by atoms with E-state index in [-0.39, 0.29) is 18.2 Å². The lowest BCUT2D eigenvalue weighted by atomic mass is 9.87. The molecule has 0 bridgehead atoms. The third-order valence-electron chi connectivity index (χ3n) is 5.11. The average molecular weight is 366 g/mol. The standard InChI is InChI=1S/C20H31NO3S/c1-5-6-7-8-12-18-17-11-9-10-16(15(2)21(3)25-4)20(17)19(13-23-18)24-14-22/h9-11,14-15,18-19H,5-8,12-13H2,1-4H3. The highest BCUT2D eigenvalue weighted by molar-refractivity contribution is 7.96. The summed E-state index contributed by atoms with van der Waals surface area (Å²) in [6.45, 7) is 5.40. The van der Waals surface area contributed by atoms with Crippen molar-refractivity contribution in [1.82, 2.24) is 4.31 Å². The molecule has 0 saturated heterocycles. The van der Waals surface area contributed by atoms with Gasteiger partial charge in [0.1, 0.15) is 0 Å². The topological polar surface area (TPSA) is 38.8 Å². The first kappa shape index (κ1) is 20.3. The van der Waals surface area contributed by atoms with Crippen LogP contribution in [0.25, 0.3) is 0 Å². The zero-order valence-corrected chi connectivity index (χ0v) is 16.7. The van der Waals surface area contributed by atoms with Gasteiger partial charge in [0.2, 0.25) is 0 Å². The number of hydrogen-bond acceptors (Lipinski definition) is 5. The van der Waals surface area contributed by atoms with Crippen LogP contribution in [0.5, 0.6) is 0 Å². The summed E-state index contributed by atoms with van der Waals surface area (Å²) in [6.07, 6.45) is 7.81. The van der Waals surface area contributed by atoms with Crippen molar-refractivity contribution in [2.45, 2.75) is 64.2 Å². The van der Waals surface area contributed by atoms with Crippen LogP contribution in [-0.2, 0) is 14.3 Å². The summed E-state index contributed by atoms with van der Waals surface area (Å²) in [5, 5.41) is 0. The molecule has 3 atom stereocenters. The van der Waals surface area contributed by atoms with E-state index in [4.69, 9.17) is 9.47 Å². The minimum atomic E-state index is -0.312. The summed E-state index contributed by atoms with van der Waals surface area (Å²) in [4.78, 5) is 11.0. The highest BCUT2D eigenvalue weighted by atomic mass is 32.2. The Labute approximate surface area is 156 Å². The minimum Gasteiger partial charge on any atom is -0.457 e. The van der Waals surface area contributed by atoms with Gasteiger partial charge in [-0.25, -0.2) is 4.31 Å². The number of rotatable bonds is 10. The minimum absolute atomic E-state index is 0.102. The summed E-state index contributed by atoms with van der Waals surface area (Å²) in [6, 6.07) is 6.62. The maximum Gasteiger partial charge on any atom is 0.293 e. The Morgan fingerprint density at radius 3 is 2.88 bits per heavy atom. The summed E-state index contributed by atoms with van der Waals surface area (Å²) in [7, 11) is 2.09. The molecule has 140 valence electrons. The van der Waals surface area contributed by atoms with E-state index in [0.717, 1.165) is 12.0 Å². The first-order valence-corrected chi connectivity index (χ1v) is 10.4. The van der Waals surface area contributed by atoms with Gasteiger partial charge in [0.05, 0.1) is 12.7 Å². The molecule has 25 heavy (non-hydrogen) atoms. The molecule has 0 fully saturated rings. The molecule has 1 aliphatic heterocycles. The number of ether oxygens (including phenoxy) is 2. The number of fused-ring (bicyclic) bond motifs is 1. The van der Waals surface area contributed by atoms with Crippen LogP contribution < -0.4 is 0 Å². The van der Waals surface area contributed by atoms with Crippen LogP contribution in [-0.4, -0.2) is 30.7 Å². The molecule has 1 heterocycles. The molecule has 5 heteroatoms. The predicted molar refractivity (Wildman–Crippen MR) is 103 cm³/mol. The maximum absolute atomic E-state index is 11.0. The highest BCUT2D eigenvalue weighted by Gasteiger charge is 2.32. The summed E-state index contributed by atoms with van der Waals surface area (Å²) < 4.78 is 13.7. The molecule has 0 aliphatic carbocycles. The fraction of sp³-hybridized carbons (Fsp3) is 0.650. The lowest BCUT2D eigenvalue weighted by Crippen LogP contribution is -2.27. The molecular formula is C20H31NO3S. The van der Waals surface area contributed by atoms with Crippen molar-refractivity contribution in [2.75, 3.05) is 19.9 Å². The molecule has 0 saturated carbocycles. The molecule has 1 aromatic carbocycles. The SMILES string of the molecule is CCCCCCC1OCC(OC=O)c2c1cccc2C(C)N(C)SC. The first-order chi connectivity index (χ1) is 12.1. The number of benzene rings is 1. The van der Waals surface area contributed by atoms with Crippen LogP contribution in [0.15, 0.2) is 18.2 Å². The lowest BCUT2D eigenvalue weighted by molar-refractivity contribution is -0.140. The normalized spacial score (nSPS) is 21.0. The molecule has 3 unspecified atom stereocenters. The Hall–Kier alpha value is -1.04. The van der Waals surface area contributed by atoms with Gasteiger partial charge in [-0.2, -0.15) is 0 Å². The molecule has 1 aromatic rings. The predicted octanol–water partition coefficient (Wildman–Crippen LogP) is 5.21. The third-order valence-corrected chi connectivity index (χ3v) is 6.01. The number of hydrogen-bond donors (Lipinski definition) is 0. The summed E-state index contributed by atoms with van der Waals surface area (Å²) in [5.41, 5.74) is 3.56. The fourth-order valence-corrected chi connectivity index (χ4v) is 3.95. The fourth-order valence-electron chi connectivity index (χ4n) is 3.52. The zero-order valence-electron chi connectivity index (χ0n) is 15.9. The van der Waals surface area contributed by atoms with Crippen LogP contribution >= 0.6 is 11.9 Å². The van der Waals surface area contributed by atoms with E-state index in [0.29, 0.717) is 13.1 Å². The van der Waals surface area contributed by atoms with E-state index in [1.54, 1.807) is 11.9 Å². The van der Waals surface area contributed by atoms with Crippen LogP contribution in [0.2, 0.25) is 0 Å². The van der Waals surface area contributed by atoms with Gasteiger partial charge < -0.3 is 9.47 Å². The molecule has 0 radical (unpaired) electrons.